The van der Waals surface area contributed by atoms with Gasteiger partial charge in [0.1, 0.15) is 11.5 Å². The van der Waals surface area contributed by atoms with Gasteiger partial charge in [-0.2, -0.15) is 0 Å². The number of amides is 2. The Morgan fingerprint density at radius 3 is 2.21 bits per heavy atom. The number of phenols is 1. The number of hydrogen-bond donors (Lipinski definition) is 1. The molecule has 1 aliphatic heterocycles. The number of aryl methyl sites for hydroxylation is 1. The zero-order valence-electron chi connectivity index (χ0n) is 16.4. The van der Waals surface area contributed by atoms with Crippen LogP contribution in [0.1, 0.15) is 18.9 Å². The number of carbonyl (C=O) groups is 2. The first-order valence-electron chi connectivity index (χ1n) is 9.69. The molecule has 0 bridgehead atoms. The van der Waals surface area contributed by atoms with Crippen LogP contribution in [0.2, 0.25) is 5.02 Å². The van der Waals surface area contributed by atoms with Gasteiger partial charge in [-0.15, -0.1) is 0 Å². The second kappa shape index (κ2) is 9.65. The van der Waals surface area contributed by atoms with Crippen molar-refractivity contribution in [1.29, 1.82) is 0 Å². The number of nitrogens with zero attached hydrogens (tertiary/aromatic N) is 2. The summed E-state index contributed by atoms with van der Waals surface area (Å²) in [6.45, 7) is 3.75. The molecule has 2 amide bonds. The van der Waals surface area contributed by atoms with Crippen molar-refractivity contribution in [3.05, 3.63) is 59.1 Å². The molecule has 7 heteroatoms. The van der Waals surface area contributed by atoms with Gasteiger partial charge in [0.15, 0.2) is 6.10 Å². The predicted molar refractivity (Wildman–Crippen MR) is 111 cm³/mol. The lowest BCUT2D eigenvalue weighted by atomic mass is 10.1. The largest absolute Gasteiger partial charge is 0.508 e. The summed E-state index contributed by atoms with van der Waals surface area (Å²) in [6, 6.07) is 13.8. The summed E-state index contributed by atoms with van der Waals surface area (Å²) in [4.78, 5) is 28.6. The number of phenolic OH excluding ortho intramolecular Hbond substituents is 1. The van der Waals surface area contributed by atoms with Crippen molar-refractivity contribution in [3.63, 3.8) is 0 Å². The summed E-state index contributed by atoms with van der Waals surface area (Å²) in [5.74, 6) is 0.666. The molecular formula is C22H25ClN2O4. The summed E-state index contributed by atoms with van der Waals surface area (Å²) < 4.78 is 5.66. The van der Waals surface area contributed by atoms with Crippen molar-refractivity contribution in [2.45, 2.75) is 25.9 Å². The molecule has 1 atom stereocenters. The topological polar surface area (TPSA) is 70.1 Å². The lowest BCUT2D eigenvalue weighted by molar-refractivity contribution is -0.143. The van der Waals surface area contributed by atoms with E-state index in [0.717, 1.165) is 5.56 Å². The first kappa shape index (κ1) is 21.0. The summed E-state index contributed by atoms with van der Waals surface area (Å²) in [7, 11) is 0. The van der Waals surface area contributed by atoms with E-state index in [-0.39, 0.29) is 17.6 Å². The van der Waals surface area contributed by atoms with Gasteiger partial charge in [-0.05, 0) is 55.3 Å². The van der Waals surface area contributed by atoms with Crippen LogP contribution in [0, 0.1) is 0 Å². The number of carbonyl (C=O) groups excluding carboxylic acids is 2. The summed E-state index contributed by atoms with van der Waals surface area (Å²) in [5.41, 5.74) is 1.08. The molecule has 0 saturated carbocycles. The van der Waals surface area contributed by atoms with E-state index in [9.17, 15) is 14.7 Å². The Bertz CT molecular complexity index is 831. The van der Waals surface area contributed by atoms with Gasteiger partial charge in [0, 0.05) is 37.6 Å². The zero-order chi connectivity index (χ0) is 20.8. The SMILES string of the molecule is CC(Oc1ccc(O)cc1)C(=O)N1CCN(C(=O)CCc2ccc(Cl)cc2)CC1. The molecule has 1 aliphatic rings. The fourth-order valence-corrected chi connectivity index (χ4v) is 3.40. The number of ether oxygens (including phenoxy) is 1. The van der Waals surface area contributed by atoms with Gasteiger partial charge in [-0.25, -0.2) is 0 Å². The van der Waals surface area contributed by atoms with E-state index < -0.39 is 6.10 Å². The minimum Gasteiger partial charge on any atom is -0.508 e. The van der Waals surface area contributed by atoms with Crippen molar-refractivity contribution in [2.24, 2.45) is 0 Å². The molecule has 0 aromatic heterocycles. The second-order valence-electron chi connectivity index (χ2n) is 7.09. The van der Waals surface area contributed by atoms with Gasteiger partial charge in [-0.1, -0.05) is 23.7 Å². The smallest absolute Gasteiger partial charge is 0.263 e. The molecule has 1 heterocycles. The fourth-order valence-electron chi connectivity index (χ4n) is 3.27. The first-order valence-corrected chi connectivity index (χ1v) is 10.1. The van der Waals surface area contributed by atoms with Gasteiger partial charge in [0.2, 0.25) is 5.91 Å². The normalized spacial score (nSPS) is 15.1. The third-order valence-electron chi connectivity index (χ3n) is 4.98. The standard InChI is InChI=1S/C22H25ClN2O4/c1-16(29-20-9-7-19(26)8-10-20)22(28)25-14-12-24(13-15-25)21(27)11-4-17-2-5-18(23)6-3-17/h2-3,5-10,16,26H,4,11-15H2,1H3. The maximum atomic E-state index is 12.6. The van der Waals surface area contributed by atoms with Crippen LogP contribution in [-0.4, -0.2) is 59.0 Å². The fraction of sp³-hybridized carbons (Fsp3) is 0.364. The Morgan fingerprint density at radius 1 is 1.00 bits per heavy atom. The van der Waals surface area contributed by atoms with E-state index >= 15 is 0 Å². The van der Waals surface area contributed by atoms with Crippen LogP contribution in [0.3, 0.4) is 0 Å². The molecule has 3 rings (SSSR count). The van der Waals surface area contributed by atoms with Crippen LogP contribution in [0.4, 0.5) is 0 Å². The van der Waals surface area contributed by atoms with E-state index in [1.54, 1.807) is 24.0 Å². The average molecular weight is 417 g/mol. The molecule has 2 aromatic rings. The maximum Gasteiger partial charge on any atom is 0.263 e. The molecule has 29 heavy (non-hydrogen) atoms. The molecule has 1 fully saturated rings. The van der Waals surface area contributed by atoms with E-state index in [1.807, 2.05) is 29.2 Å². The van der Waals surface area contributed by atoms with Crippen LogP contribution in [-0.2, 0) is 16.0 Å². The molecular weight excluding hydrogens is 392 g/mol. The molecule has 6 nitrogen and oxygen atoms in total. The zero-order valence-corrected chi connectivity index (χ0v) is 17.1. The van der Waals surface area contributed by atoms with Crippen molar-refractivity contribution < 1.29 is 19.4 Å². The number of benzene rings is 2. The molecule has 1 N–H and O–H groups in total. The summed E-state index contributed by atoms with van der Waals surface area (Å²) in [5, 5.41) is 10.0. The quantitative estimate of drug-likeness (QED) is 0.785. The van der Waals surface area contributed by atoms with Gasteiger partial charge >= 0.3 is 0 Å². The number of rotatable bonds is 6. The molecule has 0 aliphatic carbocycles. The van der Waals surface area contributed by atoms with E-state index in [4.69, 9.17) is 16.3 Å². The maximum absolute atomic E-state index is 12.6. The Balaban J connectivity index is 1.43. The number of piperazine rings is 1. The Hall–Kier alpha value is -2.73. The Labute approximate surface area is 175 Å². The van der Waals surface area contributed by atoms with E-state index in [0.29, 0.717) is 49.8 Å². The molecule has 0 spiro atoms. The van der Waals surface area contributed by atoms with Crippen LogP contribution >= 0.6 is 11.6 Å². The third-order valence-corrected chi connectivity index (χ3v) is 5.23. The lowest BCUT2D eigenvalue weighted by Gasteiger charge is -2.36. The molecule has 1 unspecified atom stereocenters. The highest BCUT2D eigenvalue weighted by Gasteiger charge is 2.27. The molecule has 2 aromatic carbocycles. The van der Waals surface area contributed by atoms with Crippen LogP contribution in [0.15, 0.2) is 48.5 Å². The van der Waals surface area contributed by atoms with Gasteiger partial charge < -0.3 is 19.6 Å². The van der Waals surface area contributed by atoms with Crippen LogP contribution < -0.4 is 4.74 Å². The average Bonchev–Trinajstić information content (AvgIpc) is 2.74. The molecule has 0 radical (unpaired) electrons. The minimum absolute atomic E-state index is 0.0976. The van der Waals surface area contributed by atoms with Crippen molar-refractivity contribution in [3.8, 4) is 11.5 Å². The van der Waals surface area contributed by atoms with Crippen molar-refractivity contribution in [2.75, 3.05) is 26.2 Å². The van der Waals surface area contributed by atoms with Crippen LogP contribution in [0.5, 0.6) is 11.5 Å². The summed E-state index contributed by atoms with van der Waals surface area (Å²) >= 11 is 5.88. The number of aromatic hydroxyl groups is 1. The van der Waals surface area contributed by atoms with E-state index in [1.165, 1.54) is 12.1 Å². The second-order valence-corrected chi connectivity index (χ2v) is 7.52. The Morgan fingerprint density at radius 2 is 1.59 bits per heavy atom. The summed E-state index contributed by atoms with van der Waals surface area (Å²) in [6.07, 6.45) is 0.481. The number of hydrogen-bond acceptors (Lipinski definition) is 4. The third kappa shape index (κ3) is 5.87. The molecule has 1 saturated heterocycles. The van der Waals surface area contributed by atoms with Gasteiger partial charge in [-0.3, -0.25) is 9.59 Å². The number of halogens is 1. The predicted octanol–water partition coefficient (Wildman–Crippen LogP) is 3.12. The highest BCUT2D eigenvalue weighted by molar-refractivity contribution is 6.30. The monoisotopic (exact) mass is 416 g/mol. The Kier molecular flexibility index (Phi) is 6.99. The first-order chi connectivity index (χ1) is 13.9. The van der Waals surface area contributed by atoms with Gasteiger partial charge in [0.25, 0.3) is 5.91 Å². The van der Waals surface area contributed by atoms with Crippen LogP contribution in [0.25, 0.3) is 0 Å². The molecule has 154 valence electrons. The van der Waals surface area contributed by atoms with Gasteiger partial charge in [0.05, 0.1) is 0 Å². The van der Waals surface area contributed by atoms with Crippen molar-refractivity contribution in [1.82, 2.24) is 9.80 Å². The van der Waals surface area contributed by atoms with E-state index in [2.05, 4.69) is 0 Å². The lowest BCUT2D eigenvalue weighted by Crippen LogP contribution is -2.53. The van der Waals surface area contributed by atoms with Crippen molar-refractivity contribution >= 4 is 23.4 Å². The minimum atomic E-state index is -0.633. The highest BCUT2D eigenvalue weighted by Crippen LogP contribution is 2.18. The highest BCUT2D eigenvalue weighted by atomic mass is 35.5.